The van der Waals surface area contributed by atoms with Gasteiger partial charge in [-0.3, -0.25) is 10.1 Å². The van der Waals surface area contributed by atoms with Gasteiger partial charge >= 0.3 is 0 Å². The number of halogens is 1. The van der Waals surface area contributed by atoms with Crippen molar-refractivity contribution in [1.29, 1.82) is 0 Å². The highest BCUT2D eigenvalue weighted by Crippen LogP contribution is 2.31. The van der Waals surface area contributed by atoms with Crippen molar-refractivity contribution in [2.24, 2.45) is 0 Å². The number of hydrogen-bond acceptors (Lipinski definition) is 4. The van der Waals surface area contributed by atoms with E-state index in [9.17, 15) is 4.79 Å². The van der Waals surface area contributed by atoms with Gasteiger partial charge in [0.2, 0.25) is 0 Å². The first-order valence-electron chi connectivity index (χ1n) is 7.67. The number of ether oxygens (including phenoxy) is 1. The Bertz CT molecular complexity index is 920. The van der Waals surface area contributed by atoms with E-state index in [4.69, 9.17) is 16.3 Å². The highest BCUT2D eigenvalue weighted by Gasteiger charge is 2.14. The fraction of sp³-hybridized carbons (Fsp3) is 0.158. The molecule has 2 aromatic carbocycles. The molecule has 1 aromatic heterocycles. The van der Waals surface area contributed by atoms with Gasteiger partial charge < -0.3 is 4.74 Å². The molecule has 1 heterocycles. The number of aryl methyl sites for hydroxylation is 2. The molecule has 4 nitrogen and oxygen atoms in total. The number of anilines is 1. The van der Waals surface area contributed by atoms with Crippen LogP contribution in [-0.4, -0.2) is 18.0 Å². The third-order valence-corrected chi connectivity index (χ3v) is 4.94. The van der Waals surface area contributed by atoms with Crippen LogP contribution in [0.15, 0.2) is 42.5 Å². The topological polar surface area (TPSA) is 51.2 Å². The van der Waals surface area contributed by atoms with E-state index in [0.29, 0.717) is 21.5 Å². The van der Waals surface area contributed by atoms with E-state index in [1.807, 2.05) is 44.2 Å². The van der Waals surface area contributed by atoms with Crippen LogP contribution in [-0.2, 0) is 0 Å². The zero-order valence-corrected chi connectivity index (χ0v) is 15.7. The molecule has 25 heavy (non-hydrogen) atoms. The predicted molar refractivity (Wildman–Crippen MR) is 103 cm³/mol. The SMILES string of the molecule is COc1cc(C(=O)Nc2nc(-c3ccc(Cl)cc3)c(C)s2)ccc1C. The van der Waals surface area contributed by atoms with Crippen molar-refractivity contribution in [1.82, 2.24) is 4.98 Å². The van der Waals surface area contributed by atoms with Crippen molar-refractivity contribution in [3.63, 3.8) is 0 Å². The number of thiazole rings is 1. The first-order chi connectivity index (χ1) is 12.0. The molecular formula is C19H17ClN2O2S. The molecule has 3 aromatic rings. The van der Waals surface area contributed by atoms with E-state index in [-0.39, 0.29) is 5.91 Å². The van der Waals surface area contributed by atoms with Crippen LogP contribution >= 0.6 is 22.9 Å². The van der Waals surface area contributed by atoms with Crippen molar-refractivity contribution < 1.29 is 9.53 Å². The summed E-state index contributed by atoms with van der Waals surface area (Å²) in [5, 5.41) is 4.10. The Labute approximate surface area is 155 Å². The van der Waals surface area contributed by atoms with Gasteiger partial charge in [-0.25, -0.2) is 4.98 Å². The van der Waals surface area contributed by atoms with Gasteiger partial charge in [-0.1, -0.05) is 29.8 Å². The molecule has 0 aliphatic rings. The molecule has 1 amide bonds. The summed E-state index contributed by atoms with van der Waals surface area (Å²) in [5.41, 5.74) is 3.33. The first-order valence-corrected chi connectivity index (χ1v) is 8.86. The Morgan fingerprint density at radius 1 is 1.16 bits per heavy atom. The minimum atomic E-state index is -0.213. The maximum atomic E-state index is 12.5. The number of nitrogens with one attached hydrogen (secondary N) is 1. The number of methoxy groups -OCH3 is 1. The van der Waals surface area contributed by atoms with E-state index >= 15 is 0 Å². The van der Waals surface area contributed by atoms with Crippen molar-refractivity contribution >= 4 is 34.0 Å². The minimum absolute atomic E-state index is 0.213. The van der Waals surface area contributed by atoms with Gasteiger partial charge in [0.1, 0.15) is 5.75 Å². The summed E-state index contributed by atoms with van der Waals surface area (Å²) in [6.07, 6.45) is 0. The molecule has 0 saturated heterocycles. The fourth-order valence-corrected chi connectivity index (χ4v) is 3.41. The second-order valence-corrected chi connectivity index (χ2v) is 7.21. The van der Waals surface area contributed by atoms with Crippen LogP contribution in [0, 0.1) is 13.8 Å². The first kappa shape index (κ1) is 17.5. The summed E-state index contributed by atoms with van der Waals surface area (Å²) in [5.74, 6) is 0.472. The highest BCUT2D eigenvalue weighted by molar-refractivity contribution is 7.16. The number of carbonyl (C=O) groups excluding carboxylic acids is 1. The van der Waals surface area contributed by atoms with Gasteiger partial charge in [0, 0.05) is 21.0 Å². The van der Waals surface area contributed by atoms with Crippen LogP contribution in [0.1, 0.15) is 20.8 Å². The molecule has 0 fully saturated rings. The van der Waals surface area contributed by atoms with E-state index in [1.165, 1.54) is 11.3 Å². The quantitative estimate of drug-likeness (QED) is 0.672. The standard InChI is InChI=1S/C19H17ClN2O2S/c1-11-4-5-14(10-16(11)24-3)18(23)22-19-21-17(12(2)25-19)13-6-8-15(20)9-7-13/h4-10H,1-3H3,(H,21,22,23). The van der Waals surface area contributed by atoms with Gasteiger partial charge in [0.15, 0.2) is 5.13 Å². The Morgan fingerprint density at radius 2 is 1.88 bits per heavy atom. The maximum absolute atomic E-state index is 12.5. The molecule has 128 valence electrons. The summed E-state index contributed by atoms with van der Waals surface area (Å²) in [7, 11) is 1.59. The average molecular weight is 373 g/mol. The number of benzene rings is 2. The van der Waals surface area contributed by atoms with Crippen molar-refractivity contribution in [3.8, 4) is 17.0 Å². The van der Waals surface area contributed by atoms with Crippen LogP contribution in [0.3, 0.4) is 0 Å². The second kappa shape index (κ2) is 7.25. The normalized spacial score (nSPS) is 10.6. The molecule has 0 spiro atoms. The van der Waals surface area contributed by atoms with Crippen LogP contribution in [0.5, 0.6) is 5.75 Å². The Kier molecular flexibility index (Phi) is 5.06. The van der Waals surface area contributed by atoms with Gasteiger partial charge in [0.25, 0.3) is 5.91 Å². The molecular weight excluding hydrogens is 356 g/mol. The fourth-order valence-electron chi connectivity index (χ4n) is 2.46. The summed E-state index contributed by atoms with van der Waals surface area (Å²) < 4.78 is 5.27. The van der Waals surface area contributed by atoms with E-state index in [0.717, 1.165) is 21.7 Å². The number of carbonyl (C=O) groups is 1. The van der Waals surface area contributed by atoms with Gasteiger partial charge in [-0.2, -0.15) is 0 Å². The molecule has 1 N–H and O–H groups in total. The molecule has 0 bridgehead atoms. The van der Waals surface area contributed by atoms with Crippen molar-refractivity contribution in [3.05, 3.63) is 63.5 Å². The Morgan fingerprint density at radius 3 is 2.56 bits per heavy atom. The lowest BCUT2D eigenvalue weighted by Gasteiger charge is -2.07. The summed E-state index contributed by atoms with van der Waals surface area (Å²) >= 11 is 7.37. The zero-order valence-electron chi connectivity index (χ0n) is 14.1. The maximum Gasteiger partial charge on any atom is 0.257 e. The lowest BCUT2D eigenvalue weighted by atomic mass is 10.1. The van der Waals surface area contributed by atoms with Crippen LogP contribution in [0.2, 0.25) is 5.02 Å². The lowest BCUT2D eigenvalue weighted by Crippen LogP contribution is -2.12. The Balaban J connectivity index is 1.83. The van der Waals surface area contributed by atoms with Gasteiger partial charge in [0.05, 0.1) is 12.8 Å². The summed E-state index contributed by atoms with van der Waals surface area (Å²) in [6.45, 7) is 3.91. The molecule has 0 saturated carbocycles. The molecule has 0 radical (unpaired) electrons. The highest BCUT2D eigenvalue weighted by atomic mass is 35.5. The predicted octanol–water partition coefficient (Wildman–Crippen LogP) is 5.34. The third kappa shape index (κ3) is 3.83. The second-order valence-electron chi connectivity index (χ2n) is 5.57. The average Bonchev–Trinajstić information content (AvgIpc) is 2.96. The minimum Gasteiger partial charge on any atom is -0.496 e. The number of amides is 1. The molecule has 0 aliphatic heterocycles. The smallest absolute Gasteiger partial charge is 0.257 e. The van der Waals surface area contributed by atoms with Crippen molar-refractivity contribution in [2.45, 2.75) is 13.8 Å². The van der Waals surface area contributed by atoms with Crippen LogP contribution < -0.4 is 10.1 Å². The van der Waals surface area contributed by atoms with Crippen LogP contribution in [0.4, 0.5) is 5.13 Å². The van der Waals surface area contributed by atoms with Crippen molar-refractivity contribution in [2.75, 3.05) is 12.4 Å². The lowest BCUT2D eigenvalue weighted by molar-refractivity contribution is 0.102. The number of hydrogen-bond donors (Lipinski definition) is 1. The molecule has 3 rings (SSSR count). The largest absolute Gasteiger partial charge is 0.496 e. The van der Waals surface area contributed by atoms with Gasteiger partial charge in [-0.15, -0.1) is 11.3 Å². The number of aromatic nitrogens is 1. The van der Waals surface area contributed by atoms with E-state index in [1.54, 1.807) is 19.2 Å². The van der Waals surface area contributed by atoms with Crippen LogP contribution in [0.25, 0.3) is 11.3 Å². The zero-order chi connectivity index (χ0) is 18.0. The number of rotatable bonds is 4. The monoisotopic (exact) mass is 372 g/mol. The molecule has 0 atom stereocenters. The van der Waals surface area contributed by atoms with E-state index < -0.39 is 0 Å². The third-order valence-electron chi connectivity index (χ3n) is 3.80. The summed E-state index contributed by atoms with van der Waals surface area (Å²) in [6, 6.07) is 12.8. The molecule has 6 heteroatoms. The van der Waals surface area contributed by atoms with E-state index in [2.05, 4.69) is 10.3 Å². The molecule has 0 unspecified atom stereocenters. The molecule has 0 aliphatic carbocycles. The van der Waals surface area contributed by atoms with Gasteiger partial charge in [-0.05, 0) is 43.7 Å². The Hall–Kier alpha value is -2.37. The summed E-state index contributed by atoms with van der Waals surface area (Å²) in [4.78, 5) is 18.1. The number of nitrogens with zero attached hydrogens (tertiary/aromatic N) is 1.